The molecule has 2 aromatic rings. The van der Waals surface area contributed by atoms with Gasteiger partial charge in [0.25, 0.3) is 0 Å². The van der Waals surface area contributed by atoms with Crippen molar-refractivity contribution >= 4 is 14.2 Å². The molecule has 0 saturated heterocycles. The van der Waals surface area contributed by atoms with Crippen LogP contribution in [0.5, 0.6) is 0 Å². The minimum Gasteiger partial charge on any atom is -0.467 e. The van der Waals surface area contributed by atoms with Gasteiger partial charge in [0, 0.05) is 6.54 Å². The molecule has 29 heavy (non-hydrogen) atoms. The van der Waals surface area contributed by atoms with Crippen LogP contribution in [-0.2, 0) is 15.8 Å². The maximum absolute atomic E-state index is 12.7. The van der Waals surface area contributed by atoms with Gasteiger partial charge in [0.15, 0.2) is 14.4 Å². The number of nitrogens with zero attached hydrogens (tertiary/aromatic N) is 2. The van der Waals surface area contributed by atoms with Crippen LogP contribution in [0.2, 0.25) is 18.1 Å². The van der Waals surface area contributed by atoms with Crippen LogP contribution >= 0.6 is 0 Å². The Balaban J connectivity index is 2.47. The van der Waals surface area contributed by atoms with Crippen LogP contribution in [0.1, 0.15) is 38.2 Å². The topological polar surface area (TPSA) is 66.5 Å². The predicted molar refractivity (Wildman–Crippen MR) is 116 cm³/mol. The lowest BCUT2D eigenvalue weighted by molar-refractivity contribution is -0.130. The summed E-state index contributed by atoms with van der Waals surface area (Å²) < 4.78 is 12.2. The predicted octanol–water partition coefficient (Wildman–Crippen LogP) is 5.45. The monoisotopic (exact) mass is 410 g/mol. The first-order valence-corrected chi connectivity index (χ1v) is 12.6. The fourth-order valence-corrected chi connectivity index (χ4v) is 3.97. The van der Waals surface area contributed by atoms with Crippen molar-refractivity contribution in [2.45, 2.75) is 57.6 Å². The van der Waals surface area contributed by atoms with E-state index in [2.05, 4.69) is 46.5 Å². The molecule has 0 radical (unpaired) electrons. The maximum Gasteiger partial charge on any atom is 0.247 e. The lowest BCUT2D eigenvalue weighted by Gasteiger charge is -2.41. The van der Waals surface area contributed by atoms with Crippen molar-refractivity contribution in [3.8, 4) is 6.07 Å². The summed E-state index contributed by atoms with van der Waals surface area (Å²) in [6, 6.07) is 14.6. The summed E-state index contributed by atoms with van der Waals surface area (Å²) in [6.45, 7) is 14.5. The smallest absolute Gasteiger partial charge is 0.247 e. The Hall–Kier alpha value is -2.62. The molecule has 0 aliphatic carbocycles. The Morgan fingerprint density at radius 3 is 2.41 bits per heavy atom. The standard InChI is InChI=1S/C23H30N2O3Si/c1-7-21(26)25(17-18-12-9-8-10-13-18)19(16-24)22(20-14-11-15-27-20)28-29(5,6)23(2,3)4/h7-15,19,22H,1,17H2,2-6H3/t19-,22-/m0/s1. The third-order valence-corrected chi connectivity index (χ3v) is 9.92. The van der Waals surface area contributed by atoms with Gasteiger partial charge in [0.05, 0.1) is 12.3 Å². The van der Waals surface area contributed by atoms with Crippen LogP contribution in [0.4, 0.5) is 0 Å². The van der Waals surface area contributed by atoms with Crippen molar-refractivity contribution < 1.29 is 13.6 Å². The van der Waals surface area contributed by atoms with Gasteiger partial charge in [-0.05, 0) is 41.9 Å². The number of nitriles is 1. The van der Waals surface area contributed by atoms with Crippen molar-refractivity contribution in [2.24, 2.45) is 0 Å². The Morgan fingerprint density at radius 2 is 1.93 bits per heavy atom. The van der Waals surface area contributed by atoms with E-state index in [1.165, 1.54) is 11.0 Å². The summed E-state index contributed by atoms with van der Waals surface area (Å²) in [6.07, 6.45) is 2.10. The molecule has 5 nitrogen and oxygen atoms in total. The summed E-state index contributed by atoms with van der Waals surface area (Å²) in [4.78, 5) is 14.2. The quantitative estimate of drug-likeness (QED) is 0.429. The van der Waals surface area contributed by atoms with E-state index in [9.17, 15) is 10.1 Å². The molecule has 0 unspecified atom stereocenters. The van der Waals surface area contributed by atoms with Gasteiger partial charge in [0.1, 0.15) is 11.9 Å². The zero-order chi connectivity index (χ0) is 21.7. The van der Waals surface area contributed by atoms with Crippen LogP contribution in [0.25, 0.3) is 0 Å². The van der Waals surface area contributed by atoms with Crippen LogP contribution < -0.4 is 0 Å². The summed E-state index contributed by atoms with van der Waals surface area (Å²) in [7, 11) is -2.26. The zero-order valence-electron chi connectivity index (χ0n) is 17.9. The van der Waals surface area contributed by atoms with Crippen molar-refractivity contribution in [1.29, 1.82) is 5.26 Å². The molecule has 0 fully saturated rings. The van der Waals surface area contributed by atoms with E-state index in [-0.39, 0.29) is 17.5 Å². The molecule has 0 N–H and O–H groups in total. The molecule has 0 bridgehead atoms. The molecule has 2 rings (SSSR count). The summed E-state index contributed by atoms with van der Waals surface area (Å²) >= 11 is 0. The van der Waals surface area contributed by atoms with Gasteiger partial charge in [-0.2, -0.15) is 5.26 Å². The molecule has 1 amide bonds. The number of hydrogen-bond donors (Lipinski definition) is 0. The highest BCUT2D eigenvalue weighted by Crippen LogP contribution is 2.41. The van der Waals surface area contributed by atoms with Gasteiger partial charge in [-0.3, -0.25) is 4.79 Å². The summed E-state index contributed by atoms with van der Waals surface area (Å²) in [5.41, 5.74) is 0.925. The number of benzene rings is 1. The number of carbonyl (C=O) groups excluding carboxylic acids is 1. The van der Waals surface area contributed by atoms with E-state index in [1.54, 1.807) is 18.4 Å². The SMILES string of the molecule is C=CC(=O)N(Cc1ccccc1)[C@@H](C#N)[C@H](O[Si](C)(C)C(C)(C)C)c1ccco1. The molecule has 6 heteroatoms. The Labute approximate surface area is 174 Å². The molecule has 0 aliphatic rings. The van der Waals surface area contributed by atoms with Crippen LogP contribution in [0.15, 0.2) is 65.8 Å². The van der Waals surface area contributed by atoms with Gasteiger partial charge in [-0.25, -0.2) is 0 Å². The molecular formula is C23H30N2O3Si. The second kappa shape index (κ2) is 9.25. The van der Waals surface area contributed by atoms with Gasteiger partial charge in [-0.1, -0.05) is 57.7 Å². The van der Waals surface area contributed by atoms with Crippen molar-refractivity contribution in [3.63, 3.8) is 0 Å². The second-order valence-electron chi connectivity index (χ2n) is 8.54. The van der Waals surface area contributed by atoms with E-state index < -0.39 is 20.5 Å². The first kappa shape index (κ1) is 22.7. The summed E-state index contributed by atoms with van der Waals surface area (Å²) in [5.74, 6) is 0.215. The Kier molecular flexibility index (Phi) is 7.23. The van der Waals surface area contributed by atoms with Crippen molar-refractivity contribution in [1.82, 2.24) is 4.90 Å². The first-order valence-electron chi connectivity index (χ1n) is 9.68. The maximum atomic E-state index is 12.7. The highest BCUT2D eigenvalue weighted by atomic mass is 28.4. The number of furan rings is 1. The van der Waals surface area contributed by atoms with Crippen molar-refractivity contribution in [3.05, 3.63) is 72.7 Å². The normalized spacial score (nSPS) is 13.9. The molecule has 1 aromatic carbocycles. The minimum atomic E-state index is -2.26. The van der Waals surface area contributed by atoms with Gasteiger partial charge in [-0.15, -0.1) is 0 Å². The average molecular weight is 411 g/mol. The molecule has 0 spiro atoms. The number of rotatable bonds is 8. The van der Waals surface area contributed by atoms with Crippen LogP contribution in [0, 0.1) is 11.3 Å². The fraction of sp³-hybridized carbons (Fsp3) is 0.391. The molecular weight excluding hydrogens is 380 g/mol. The highest BCUT2D eigenvalue weighted by Gasteiger charge is 2.44. The fourth-order valence-electron chi connectivity index (χ4n) is 2.74. The lowest BCUT2D eigenvalue weighted by atomic mass is 10.1. The van der Waals surface area contributed by atoms with Gasteiger partial charge < -0.3 is 13.7 Å². The third-order valence-electron chi connectivity index (χ3n) is 5.46. The lowest BCUT2D eigenvalue weighted by Crippen LogP contribution is -2.48. The highest BCUT2D eigenvalue weighted by molar-refractivity contribution is 6.74. The van der Waals surface area contributed by atoms with E-state index in [1.807, 2.05) is 30.3 Å². The van der Waals surface area contributed by atoms with E-state index >= 15 is 0 Å². The molecule has 2 atom stereocenters. The zero-order valence-corrected chi connectivity index (χ0v) is 18.9. The van der Waals surface area contributed by atoms with Crippen LogP contribution in [-0.4, -0.2) is 25.2 Å². The summed E-state index contributed by atoms with van der Waals surface area (Å²) in [5, 5.41) is 10.0. The number of carbonyl (C=O) groups is 1. The van der Waals surface area contributed by atoms with E-state index in [0.29, 0.717) is 5.76 Å². The van der Waals surface area contributed by atoms with Crippen molar-refractivity contribution in [2.75, 3.05) is 0 Å². The largest absolute Gasteiger partial charge is 0.467 e. The first-order chi connectivity index (χ1) is 13.6. The minimum absolute atomic E-state index is 0.0649. The Morgan fingerprint density at radius 1 is 1.28 bits per heavy atom. The molecule has 0 saturated carbocycles. The number of hydrogen-bond acceptors (Lipinski definition) is 4. The molecule has 1 heterocycles. The van der Waals surface area contributed by atoms with Crippen LogP contribution in [0.3, 0.4) is 0 Å². The second-order valence-corrected chi connectivity index (χ2v) is 13.3. The average Bonchev–Trinajstić information content (AvgIpc) is 3.20. The molecule has 154 valence electrons. The van der Waals surface area contributed by atoms with E-state index in [0.717, 1.165) is 5.56 Å². The Bertz CT molecular complexity index is 848. The third kappa shape index (κ3) is 5.46. The van der Waals surface area contributed by atoms with Gasteiger partial charge in [0.2, 0.25) is 5.91 Å². The van der Waals surface area contributed by atoms with Gasteiger partial charge >= 0.3 is 0 Å². The molecule has 0 aliphatic heterocycles. The number of amides is 1. The van der Waals surface area contributed by atoms with E-state index in [4.69, 9.17) is 8.84 Å². The molecule has 1 aromatic heterocycles.